The normalized spacial score (nSPS) is 10.2. The Morgan fingerprint density at radius 1 is 1.30 bits per heavy atom. The van der Waals surface area contributed by atoms with E-state index in [1.54, 1.807) is 12.1 Å². The first kappa shape index (κ1) is 13.8. The van der Waals surface area contributed by atoms with Crippen LogP contribution in [-0.4, -0.2) is 15.5 Å². The van der Waals surface area contributed by atoms with E-state index in [2.05, 4.69) is 0 Å². The molecule has 104 valence electrons. The summed E-state index contributed by atoms with van der Waals surface area (Å²) in [7, 11) is 1.86. The minimum absolute atomic E-state index is 0.0175. The van der Waals surface area contributed by atoms with Gasteiger partial charge in [0, 0.05) is 31.1 Å². The van der Waals surface area contributed by atoms with E-state index < -0.39 is 4.92 Å². The first-order chi connectivity index (χ1) is 9.56. The lowest BCUT2D eigenvalue weighted by Gasteiger charge is -2.05. The third kappa shape index (κ3) is 3.44. The largest absolute Gasteiger partial charge is 0.461 e. The molecule has 0 fully saturated rings. The molecule has 0 aliphatic carbocycles. The quantitative estimate of drug-likeness (QED) is 0.476. The fraction of sp³-hybridized carbons (Fsp3) is 0.214. The minimum Gasteiger partial charge on any atom is -0.461 e. The van der Waals surface area contributed by atoms with Gasteiger partial charge in [0.15, 0.2) is 0 Å². The van der Waals surface area contributed by atoms with Crippen molar-refractivity contribution >= 4 is 11.7 Å². The third-order valence-corrected chi connectivity index (χ3v) is 2.92. The van der Waals surface area contributed by atoms with Crippen molar-refractivity contribution in [1.82, 2.24) is 4.57 Å². The number of esters is 1. The Kier molecular flexibility index (Phi) is 4.14. The number of non-ortho nitro benzene ring substituents is 1. The summed E-state index contributed by atoms with van der Waals surface area (Å²) in [6.07, 6.45) is 2.06. The molecule has 0 spiro atoms. The predicted molar refractivity (Wildman–Crippen MR) is 72.0 cm³/mol. The summed E-state index contributed by atoms with van der Waals surface area (Å²) in [6, 6.07) is 9.65. The van der Waals surface area contributed by atoms with Gasteiger partial charge in [-0.25, -0.2) is 0 Å². The lowest BCUT2D eigenvalue weighted by atomic mass is 10.2. The number of benzene rings is 1. The van der Waals surface area contributed by atoms with Crippen LogP contribution in [0.1, 0.15) is 11.3 Å². The zero-order valence-corrected chi connectivity index (χ0v) is 11.0. The van der Waals surface area contributed by atoms with E-state index in [0.29, 0.717) is 0 Å². The van der Waals surface area contributed by atoms with Crippen LogP contribution in [0.2, 0.25) is 0 Å². The van der Waals surface area contributed by atoms with Gasteiger partial charge in [0.1, 0.15) is 6.61 Å². The van der Waals surface area contributed by atoms with Crippen LogP contribution in [0.3, 0.4) is 0 Å². The Hall–Kier alpha value is -2.63. The van der Waals surface area contributed by atoms with Crippen LogP contribution in [0.25, 0.3) is 0 Å². The Labute approximate surface area is 115 Å². The number of hydrogen-bond acceptors (Lipinski definition) is 4. The van der Waals surface area contributed by atoms with Crippen molar-refractivity contribution in [3.63, 3.8) is 0 Å². The van der Waals surface area contributed by atoms with Gasteiger partial charge in [-0.05, 0) is 29.8 Å². The number of nitro groups is 1. The van der Waals surface area contributed by atoms with Crippen LogP contribution < -0.4 is 0 Å². The predicted octanol–water partition coefficient (Wildman–Crippen LogP) is 2.22. The first-order valence-electron chi connectivity index (χ1n) is 6.05. The van der Waals surface area contributed by atoms with E-state index in [1.165, 1.54) is 12.1 Å². The van der Waals surface area contributed by atoms with Crippen molar-refractivity contribution in [3.8, 4) is 0 Å². The zero-order valence-electron chi connectivity index (χ0n) is 11.0. The Balaban J connectivity index is 1.87. The zero-order chi connectivity index (χ0) is 14.5. The SMILES string of the molecule is Cn1cccc1CC(=O)OCc1ccc([N+](=O)[O-])cc1. The summed E-state index contributed by atoms with van der Waals surface area (Å²) >= 11 is 0. The van der Waals surface area contributed by atoms with Crippen LogP contribution in [-0.2, 0) is 29.6 Å². The highest BCUT2D eigenvalue weighted by atomic mass is 16.6. The highest BCUT2D eigenvalue weighted by molar-refractivity contribution is 5.72. The number of carbonyl (C=O) groups excluding carboxylic acids is 1. The summed E-state index contributed by atoms with van der Waals surface area (Å²) < 4.78 is 6.99. The molecule has 0 bridgehead atoms. The monoisotopic (exact) mass is 274 g/mol. The molecular formula is C14H14N2O4. The van der Waals surface area contributed by atoms with Crippen molar-refractivity contribution < 1.29 is 14.5 Å². The summed E-state index contributed by atoms with van der Waals surface area (Å²) in [4.78, 5) is 21.7. The Morgan fingerprint density at radius 3 is 2.55 bits per heavy atom. The second kappa shape index (κ2) is 6.01. The van der Waals surface area contributed by atoms with E-state index in [0.717, 1.165) is 11.3 Å². The fourth-order valence-electron chi connectivity index (χ4n) is 1.76. The molecule has 1 heterocycles. The number of hydrogen-bond donors (Lipinski definition) is 0. The minimum atomic E-state index is -0.467. The van der Waals surface area contributed by atoms with Crippen LogP contribution in [0, 0.1) is 10.1 Å². The first-order valence-corrected chi connectivity index (χ1v) is 6.05. The standard InChI is InChI=1S/C14H14N2O4/c1-15-8-2-3-13(15)9-14(17)20-10-11-4-6-12(7-5-11)16(18)19/h2-8H,9-10H2,1H3. The maximum absolute atomic E-state index is 11.7. The molecule has 0 aliphatic rings. The molecule has 0 aliphatic heterocycles. The number of aryl methyl sites for hydroxylation is 1. The summed E-state index contributed by atoms with van der Waals surface area (Å²) in [5, 5.41) is 10.5. The number of aromatic nitrogens is 1. The maximum Gasteiger partial charge on any atom is 0.312 e. The van der Waals surface area contributed by atoms with E-state index in [4.69, 9.17) is 4.74 Å². The van der Waals surface area contributed by atoms with Gasteiger partial charge in [0.25, 0.3) is 5.69 Å². The highest BCUT2D eigenvalue weighted by Crippen LogP contribution is 2.13. The van der Waals surface area contributed by atoms with Crippen molar-refractivity contribution in [2.45, 2.75) is 13.0 Å². The number of ether oxygens (including phenoxy) is 1. The third-order valence-electron chi connectivity index (χ3n) is 2.92. The van der Waals surface area contributed by atoms with Gasteiger partial charge in [-0.3, -0.25) is 14.9 Å². The van der Waals surface area contributed by atoms with E-state index in [9.17, 15) is 14.9 Å². The molecule has 0 radical (unpaired) electrons. The molecule has 2 rings (SSSR count). The van der Waals surface area contributed by atoms with Gasteiger partial charge >= 0.3 is 5.97 Å². The average molecular weight is 274 g/mol. The number of carbonyl (C=O) groups is 1. The van der Waals surface area contributed by atoms with Crippen LogP contribution >= 0.6 is 0 Å². The maximum atomic E-state index is 11.7. The molecular weight excluding hydrogens is 260 g/mol. The van der Waals surface area contributed by atoms with Crippen molar-refractivity contribution in [1.29, 1.82) is 0 Å². The fourth-order valence-corrected chi connectivity index (χ4v) is 1.76. The van der Waals surface area contributed by atoms with Gasteiger partial charge in [0.2, 0.25) is 0 Å². The number of nitro benzene ring substituents is 1. The molecule has 0 saturated carbocycles. The summed E-state index contributed by atoms with van der Waals surface area (Å²) in [5.41, 5.74) is 1.61. The van der Waals surface area contributed by atoms with Gasteiger partial charge in [-0.2, -0.15) is 0 Å². The second-order valence-corrected chi connectivity index (χ2v) is 4.37. The smallest absolute Gasteiger partial charge is 0.312 e. The molecule has 0 saturated heterocycles. The molecule has 2 aromatic rings. The van der Waals surface area contributed by atoms with Crippen LogP contribution in [0.4, 0.5) is 5.69 Å². The van der Waals surface area contributed by atoms with Crippen LogP contribution in [0.15, 0.2) is 42.6 Å². The molecule has 0 atom stereocenters. The Morgan fingerprint density at radius 2 is 2.00 bits per heavy atom. The summed E-state index contributed by atoms with van der Waals surface area (Å²) in [5.74, 6) is -0.329. The highest BCUT2D eigenvalue weighted by Gasteiger charge is 2.08. The van der Waals surface area contributed by atoms with Crippen LogP contribution in [0.5, 0.6) is 0 Å². The molecule has 0 unspecified atom stereocenters. The summed E-state index contributed by atoms with van der Waals surface area (Å²) in [6.45, 7) is 0.112. The molecule has 6 nitrogen and oxygen atoms in total. The van der Waals surface area contributed by atoms with Crippen molar-refractivity contribution in [2.24, 2.45) is 7.05 Å². The molecule has 20 heavy (non-hydrogen) atoms. The Bertz CT molecular complexity index is 616. The van der Waals surface area contributed by atoms with E-state index in [-0.39, 0.29) is 24.7 Å². The second-order valence-electron chi connectivity index (χ2n) is 4.37. The molecule has 6 heteroatoms. The molecule has 1 aromatic heterocycles. The molecule has 0 N–H and O–H groups in total. The van der Waals surface area contributed by atoms with E-state index in [1.807, 2.05) is 29.9 Å². The van der Waals surface area contributed by atoms with Crippen molar-refractivity contribution in [2.75, 3.05) is 0 Å². The average Bonchev–Trinajstić information content (AvgIpc) is 2.82. The lowest BCUT2D eigenvalue weighted by Crippen LogP contribution is -2.10. The van der Waals surface area contributed by atoms with Gasteiger partial charge in [-0.15, -0.1) is 0 Å². The number of nitrogens with zero attached hydrogens (tertiary/aromatic N) is 2. The number of rotatable bonds is 5. The molecule has 0 amide bonds. The molecule has 1 aromatic carbocycles. The van der Waals surface area contributed by atoms with Gasteiger partial charge < -0.3 is 9.30 Å². The van der Waals surface area contributed by atoms with Gasteiger partial charge in [0.05, 0.1) is 11.3 Å². The van der Waals surface area contributed by atoms with Crippen molar-refractivity contribution in [3.05, 3.63) is 64.0 Å². The lowest BCUT2D eigenvalue weighted by molar-refractivity contribution is -0.384. The van der Waals surface area contributed by atoms with Gasteiger partial charge in [-0.1, -0.05) is 0 Å². The topological polar surface area (TPSA) is 74.4 Å². The van der Waals surface area contributed by atoms with E-state index >= 15 is 0 Å².